The summed E-state index contributed by atoms with van der Waals surface area (Å²) in [6.07, 6.45) is 0.529. The summed E-state index contributed by atoms with van der Waals surface area (Å²) in [4.78, 5) is 23.8. The smallest absolute Gasteiger partial charge is 0.313 e. The molecule has 0 aliphatic carbocycles. The quantitative estimate of drug-likeness (QED) is 0.0914. The maximum absolute atomic E-state index is 12.3. The standard InChI is InChI=1S/C35H58O9Si/c1-23(17-29(44-45(11,12)34(4,5)6)22-41-21-26-13-15-28(39-9)16-14-26)18-31-25(3)33(43-35(7,8)42-31)24(2)30(37)19-27(36)20-32(38)40-10/h13-16,18,24-25,29-31,33,37H,17,19-22H2,1-12H3/b23-18+/t24-,25-,29+,30+,31-,33-/m1/s1. The molecule has 2 rings (SSSR count). The van der Waals surface area contributed by atoms with Gasteiger partial charge in [-0.15, -0.1) is 0 Å². The zero-order valence-corrected chi connectivity index (χ0v) is 30.6. The number of aliphatic hydroxyl groups excluding tert-OH is 1. The molecule has 0 unspecified atom stereocenters. The van der Waals surface area contributed by atoms with Crippen LogP contribution in [-0.2, 0) is 39.6 Å². The number of benzene rings is 1. The number of methoxy groups -OCH3 is 2. The first-order valence-electron chi connectivity index (χ1n) is 16.0. The van der Waals surface area contributed by atoms with Crippen molar-refractivity contribution >= 4 is 20.1 Å². The predicted molar refractivity (Wildman–Crippen MR) is 178 cm³/mol. The number of rotatable bonds is 16. The summed E-state index contributed by atoms with van der Waals surface area (Å²) < 4.78 is 35.6. The molecule has 0 radical (unpaired) electrons. The SMILES string of the molecule is COC(=O)CC(=O)C[C@H](O)[C@@H](C)[C@H]1OC(C)(C)O[C@H](/C=C(\C)C[C@@H](COCc2ccc(OC)cc2)O[Si](C)(C)C(C)(C)C)[C@H]1C. The zero-order valence-electron chi connectivity index (χ0n) is 29.6. The van der Waals surface area contributed by atoms with Crippen molar-refractivity contribution < 1.29 is 42.8 Å². The average Bonchev–Trinajstić information content (AvgIpc) is 2.93. The van der Waals surface area contributed by atoms with E-state index < -0.39 is 26.2 Å². The molecule has 0 bridgehead atoms. The molecule has 1 saturated heterocycles. The summed E-state index contributed by atoms with van der Waals surface area (Å²) >= 11 is 0. The van der Waals surface area contributed by atoms with Gasteiger partial charge in [-0.05, 0) is 63.0 Å². The van der Waals surface area contributed by atoms with E-state index >= 15 is 0 Å². The van der Waals surface area contributed by atoms with Crippen molar-refractivity contribution in [2.75, 3.05) is 20.8 Å². The van der Waals surface area contributed by atoms with Crippen LogP contribution in [0.2, 0.25) is 18.1 Å². The van der Waals surface area contributed by atoms with Crippen LogP contribution in [0.4, 0.5) is 0 Å². The minimum absolute atomic E-state index is 0.0453. The normalized spacial score (nSPS) is 22.8. The summed E-state index contributed by atoms with van der Waals surface area (Å²) in [7, 11) is 0.800. The summed E-state index contributed by atoms with van der Waals surface area (Å²) in [5.74, 6) is -1.55. The van der Waals surface area contributed by atoms with E-state index in [9.17, 15) is 14.7 Å². The molecule has 0 aromatic heterocycles. The fourth-order valence-corrected chi connectivity index (χ4v) is 6.60. The Morgan fingerprint density at radius 1 is 1.09 bits per heavy atom. The zero-order chi connectivity index (χ0) is 34.2. The van der Waals surface area contributed by atoms with Crippen LogP contribution in [0, 0.1) is 11.8 Å². The molecule has 1 aliphatic heterocycles. The summed E-state index contributed by atoms with van der Waals surface area (Å²) in [5.41, 5.74) is 2.18. The van der Waals surface area contributed by atoms with Gasteiger partial charge in [-0.2, -0.15) is 0 Å². The highest BCUT2D eigenvalue weighted by Crippen LogP contribution is 2.39. The molecule has 0 amide bonds. The van der Waals surface area contributed by atoms with E-state index in [0.29, 0.717) is 19.6 Å². The molecule has 1 aromatic carbocycles. The molecule has 256 valence electrons. The van der Waals surface area contributed by atoms with Crippen molar-refractivity contribution in [2.24, 2.45) is 11.8 Å². The van der Waals surface area contributed by atoms with Gasteiger partial charge in [0, 0.05) is 18.3 Å². The predicted octanol–water partition coefficient (Wildman–Crippen LogP) is 6.61. The van der Waals surface area contributed by atoms with Gasteiger partial charge in [0.15, 0.2) is 14.1 Å². The number of hydrogen-bond acceptors (Lipinski definition) is 9. The van der Waals surface area contributed by atoms with Crippen molar-refractivity contribution in [1.82, 2.24) is 0 Å². The summed E-state index contributed by atoms with van der Waals surface area (Å²) in [5, 5.41) is 11.0. The molecule has 0 spiro atoms. The highest BCUT2D eigenvalue weighted by atomic mass is 28.4. The number of ether oxygens (including phenoxy) is 5. The van der Waals surface area contributed by atoms with Crippen LogP contribution >= 0.6 is 0 Å². The number of hydrogen-bond donors (Lipinski definition) is 1. The Hall–Kier alpha value is -2.08. The van der Waals surface area contributed by atoms with E-state index in [1.165, 1.54) is 7.11 Å². The van der Waals surface area contributed by atoms with Crippen LogP contribution in [-0.4, -0.2) is 76.2 Å². The third-order valence-electron chi connectivity index (χ3n) is 9.00. The van der Waals surface area contributed by atoms with Gasteiger partial charge < -0.3 is 33.2 Å². The highest BCUT2D eigenvalue weighted by molar-refractivity contribution is 6.74. The van der Waals surface area contributed by atoms with Crippen LogP contribution < -0.4 is 4.74 Å². The second-order valence-electron chi connectivity index (χ2n) is 14.4. The molecule has 9 nitrogen and oxygen atoms in total. The number of esters is 1. The van der Waals surface area contributed by atoms with E-state index in [-0.39, 0.29) is 53.8 Å². The number of carbonyl (C=O) groups excluding carboxylic acids is 2. The number of aliphatic hydroxyl groups is 1. The molecule has 1 heterocycles. The third kappa shape index (κ3) is 12.2. The Bertz CT molecular complexity index is 1120. The monoisotopic (exact) mass is 650 g/mol. The Morgan fingerprint density at radius 3 is 2.27 bits per heavy atom. The maximum atomic E-state index is 12.3. The van der Waals surface area contributed by atoms with Crippen LogP contribution in [0.3, 0.4) is 0 Å². The second kappa shape index (κ2) is 16.7. The number of ketones is 1. The van der Waals surface area contributed by atoms with Crippen LogP contribution in [0.15, 0.2) is 35.9 Å². The van der Waals surface area contributed by atoms with E-state index in [0.717, 1.165) is 16.9 Å². The van der Waals surface area contributed by atoms with E-state index in [1.807, 2.05) is 52.0 Å². The average molecular weight is 651 g/mol. The van der Waals surface area contributed by atoms with E-state index in [2.05, 4.69) is 51.6 Å². The molecule has 0 saturated carbocycles. The molecular formula is C35H58O9Si. The van der Waals surface area contributed by atoms with Crippen LogP contribution in [0.5, 0.6) is 5.75 Å². The number of carbonyl (C=O) groups is 2. The summed E-state index contributed by atoms with van der Waals surface area (Å²) in [6, 6.07) is 7.86. The van der Waals surface area contributed by atoms with Crippen molar-refractivity contribution in [3.63, 3.8) is 0 Å². The molecule has 1 fully saturated rings. The fourth-order valence-electron chi connectivity index (χ4n) is 5.27. The Morgan fingerprint density at radius 2 is 1.71 bits per heavy atom. The van der Waals surface area contributed by atoms with Crippen LogP contribution in [0.25, 0.3) is 0 Å². The Kier molecular flexibility index (Phi) is 14.5. The molecule has 1 N–H and O–H groups in total. The summed E-state index contributed by atoms with van der Waals surface area (Å²) in [6.45, 7) is 21.8. The fraction of sp³-hybridized carbons (Fsp3) is 0.714. The Labute approximate surface area is 272 Å². The second-order valence-corrected chi connectivity index (χ2v) is 19.2. The lowest BCUT2D eigenvalue weighted by atomic mass is 9.82. The van der Waals surface area contributed by atoms with E-state index in [4.69, 9.17) is 23.4 Å². The first kappa shape index (κ1) is 39.1. The lowest BCUT2D eigenvalue weighted by Gasteiger charge is -2.47. The van der Waals surface area contributed by atoms with Gasteiger partial charge in [0.1, 0.15) is 18.0 Å². The maximum Gasteiger partial charge on any atom is 0.313 e. The van der Waals surface area contributed by atoms with Gasteiger partial charge in [0.2, 0.25) is 0 Å². The lowest BCUT2D eigenvalue weighted by molar-refractivity contribution is -0.321. The lowest BCUT2D eigenvalue weighted by Crippen LogP contribution is -2.53. The van der Waals surface area contributed by atoms with Gasteiger partial charge in [-0.25, -0.2) is 0 Å². The molecule has 45 heavy (non-hydrogen) atoms. The van der Waals surface area contributed by atoms with E-state index in [1.54, 1.807) is 7.11 Å². The topological polar surface area (TPSA) is 110 Å². The molecule has 1 aromatic rings. The minimum Gasteiger partial charge on any atom is -0.497 e. The first-order chi connectivity index (χ1) is 20.8. The van der Waals surface area contributed by atoms with Crippen molar-refractivity contribution in [3.05, 3.63) is 41.5 Å². The highest BCUT2D eigenvalue weighted by Gasteiger charge is 2.44. The molecule has 6 atom stereocenters. The largest absolute Gasteiger partial charge is 0.497 e. The van der Waals surface area contributed by atoms with Gasteiger partial charge in [0.05, 0.1) is 51.8 Å². The van der Waals surface area contributed by atoms with Crippen molar-refractivity contribution in [1.29, 1.82) is 0 Å². The van der Waals surface area contributed by atoms with Crippen molar-refractivity contribution in [3.8, 4) is 5.75 Å². The molecule has 1 aliphatic rings. The van der Waals surface area contributed by atoms with Gasteiger partial charge in [-0.1, -0.05) is 58.4 Å². The molecule has 10 heteroatoms. The third-order valence-corrected chi connectivity index (χ3v) is 13.5. The minimum atomic E-state index is -2.09. The van der Waals surface area contributed by atoms with Crippen LogP contribution in [0.1, 0.15) is 80.2 Å². The van der Waals surface area contributed by atoms with Gasteiger partial charge >= 0.3 is 5.97 Å². The first-order valence-corrected chi connectivity index (χ1v) is 18.9. The Balaban J connectivity index is 2.18. The number of Topliss-reactive ketones (excluding diaryl/α,β-unsaturated/α-hetero) is 1. The molecular weight excluding hydrogens is 592 g/mol. The van der Waals surface area contributed by atoms with Gasteiger partial charge in [-0.3, -0.25) is 9.59 Å². The van der Waals surface area contributed by atoms with Gasteiger partial charge in [0.25, 0.3) is 0 Å². The van der Waals surface area contributed by atoms with Crippen molar-refractivity contribution in [2.45, 2.75) is 130 Å².